The fraction of sp³-hybridized carbons (Fsp3) is 0.571. The van der Waals surface area contributed by atoms with Gasteiger partial charge in [0.1, 0.15) is 0 Å². The van der Waals surface area contributed by atoms with E-state index in [9.17, 15) is 30.6 Å². The van der Waals surface area contributed by atoms with E-state index in [1.54, 1.807) is 36.4 Å². The summed E-state index contributed by atoms with van der Waals surface area (Å²) in [5.74, 6) is -2.08. The molecule has 0 unspecified atom stereocenters. The molecule has 0 aliphatic rings. The van der Waals surface area contributed by atoms with Crippen LogP contribution in [0.2, 0.25) is 0 Å². The molecule has 6 nitrogen and oxygen atoms in total. The molecule has 0 aromatic heterocycles. The Kier molecular flexibility index (Phi) is 14.5. The number of benzene rings is 3. The number of hydrogen-bond acceptors (Lipinski definition) is 6. The Balaban J connectivity index is 0.000000698. The van der Waals surface area contributed by atoms with E-state index < -0.39 is 0 Å². The van der Waals surface area contributed by atoms with Gasteiger partial charge in [0, 0.05) is 0 Å². The molecule has 0 amide bonds. The molecule has 0 aliphatic carbocycles. The summed E-state index contributed by atoms with van der Waals surface area (Å²) in [7, 11) is 0. The molecular weight excluding hydrogens is 652 g/mol. The second kappa shape index (κ2) is 15.5. The van der Waals surface area contributed by atoms with Gasteiger partial charge in [-0.2, -0.15) is 0 Å². The third kappa shape index (κ3) is 11.8. The van der Waals surface area contributed by atoms with Crippen LogP contribution in [0.15, 0.2) is 36.4 Å². The first kappa shape index (κ1) is 46.0. The van der Waals surface area contributed by atoms with Gasteiger partial charge in [0.25, 0.3) is 0 Å². The molecule has 3 rings (SSSR count). The van der Waals surface area contributed by atoms with E-state index in [0.29, 0.717) is 33.4 Å². The molecule has 0 saturated heterocycles. The molecule has 0 saturated carbocycles. The van der Waals surface area contributed by atoms with E-state index in [0.717, 1.165) is 0 Å². The molecule has 7 heteroatoms. The summed E-state index contributed by atoms with van der Waals surface area (Å²) in [6.45, 7) is 35.0. The van der Waals surface area contributed by atoms with Gasteiger partial charge in [0.05, 0.1) is 0 Å². The normalized spacial score (nSPS) is 12.6. The fourth-order valence-corrected chi connectivity index (χ4v) is 5.23. The molecule has 0 atom stereocenters. The first-order chi connectivity index (χ1) is 21.1. The minimum Gasteiger partial charge on any atom is -0.873 e. The van der Waals surface area contributed by atoms with E-state index in [4.69, 9.17) is 0 Å². The standard InChI is InChI=1S/3C14H22O2.Cr/c3*1-13(2,3)9-7-8-10(14(4,5)6)12(16)11(9)15;/h3*7-8,15-16H,1-6H3;/q;;;+6/p-6. The van der Waals surface area contributed by atoms with Crippen molar-refractivity contribution in [3.63, 3.8) is 0 Å². The second-order valence-electron chi connectivity index (χ2n) is 19.0. The zero-order valence-electron chi connectivity index (χ0n) is 33.3. The maximum absolute atomic E-state index is 12.0. The average molecular weight is 713 g/mol. The quantitative estimate of drug-likeness (QED) is 0.240. The van der Waals surface area contributed by atoms with Crippen LogP contribution in [0.4, 0.5) is 0 Å². The third-order valence-electron chi connectivity index (χ3n) is 8.18. The maximum Gasteiger partial charge on any atom is 6.00 e. The van der Waals surface area contributed by atoms with Crippen LogP contribution < -0.4 is 30.6 Å². The molecule has 0 radical (unpaired) electrons. The van der Waals surface area contributed by atoms with Gasteiger partial charge >= 0.3 is 17.4 Å². The van der Waals surface area contributed by atoms with Crippen molar-refractivity contribution in [2.24, 2.45) is 0 Å². The number of rotatable bonds is 0. The summed E-state index contributed by atoms with van der Waals surface area (Å²) in [5, 5.41) is 71.8. The molecule has 0 aliphatic heterocycles. The van der Waals surface area contributed by atoms with E-state index in [-0.39, 0.29) is 84.3 Å². The Morgan fingerprint density at radius 3 is 0.388 bits per heavy atom. The summed E-state index contributed by atoms with van der Waals surface area (Å²) < 4.78 is 0. The third-order valence-corrected chi connectivity index (χ3v) is 8.18. The first-order valence-corrected chi connectivity index (χ1v) is 16.7. The van der Waals surface area contributed by atoms with Gasteiger partial charge in [-0.25, -0.2) is 0 Å². The van der Waals surface area contributed by atoms with Crippen LogP contribution in [0, 0.1) is 0 Å². The van der Waals surface area contributed by atoms with Gasteiger partial charge in [-0.1, -0.05) is 194 Å². The summed E-state index contributed by atoms with van der Waals surface area (Å²) in [5.41, 5.74) is 1.99. The van der Waals surface area contributed by atoms with Gasteiger partial charge in [-0.3, -0.25) is 0 Å². The van der Waals surface area contributed by atoms with Crippen LogP contribution in [0.5, 0.6) is 34.5 Å². The second-order valence-corrected chi connectivity index (χ2v) is 19.0. The predicted molar refractivity (Wildman–Crippen MR) is 188 cm³/mol. The molecule has 0 spiro atoms. The summed E-state index contributed by atoms with van der Waals surface area (Å²) in [4.78, 5) is 0. The largest absolute Gasteiger partial charge is 6.00 e. The van der Waals surface area contributed by atoms with E-state index in [1.165, 1.54) is 0 Å². The molecular formula is C42H60CrO6. The molecule has 3 aromatic carbocycles. The van der Waals surface area contributed by atoms with Crippen molar-refractivity contribution in [1.82, 2.24) is 0 Å². The van der Waals surface area contributed by atoms with Gasteiger partial charge in [0.15, 0.2) is 0 Å². The van der Waals surface area contributed by atoms with Gasteiger partial charge in [-0.05, 0) is 32.5 Å². The van der Waals surface area contributed by atoms with Crippen LogP contribution in [0.3, 0.4) is 0 Å². The predicted octanol–water partition coefficient (Wildman–Crippen LogP) is 7.28. The summed E-state index contributed by atoms with van der Waals surface area (Å²) in [6, 6.07) is 10.8. The molecule has 0 fully saturated rings. The van der Waals surface area contributed by atoms with Gasteiger partial charge in [-0.15, -0.1) is 34.5 Å². The minimum absolute atomic E-state index is 0. The molecule has 49 heavy (non-hydrogen) atoms. The van der Waals surface area contributed by atoms with E-state index in [1.807, 2.05) is 125 Å². The monoisotopic (exact) mass is 712 g/mol. The van der Waals surface area contributed by atoms with Crippen molar-refractivity contribution in [3.8, 4) is 34.5 Å². The number of hydrogen-bond donors (Lipinski definition) is 0. The Bertz CT molecular complexity index is 1260. The van der Waals surface area contributed by atoms with Crippen LogP contribution in [-0.4, -0.2) is 0 Å². The van der Waals surface area contributed by atoms with Gasteiger partial charge < -0.3 is 30.6 Å². The van der Waals surface area contributed by atoms with Gasteiger partial charge in [0.2, 0.25) is 0 Å². The Hall–Kier alpha value is -3.01. The van der Waals surface area contributed by atoms with Crippen molar-refractivity contribution in [2.75, 3.05) is 0 Å². The zero-order chi connectivity index (χ0) is 38.2. The van der Waals surface area contributed by atoms with Crippen LogP contribution in [-0.2, 0) is 49.9 Å². The summed E-state index contributed by atoms with van der Waals surface area (Å²) in [6.07, 6.45) is 0. The van der Waals surface area contributed by atoms with Crippen LogP contribution in [0.25, 0.3) is 0 Å². The molecule has 0 bridgehead atoms. The first-order valence-electron chi connectivity index (χ1n) is 16.7. The van der Waals surface area contributed by atoms with Crippen molar-refractivity contribution in [1.29, 1.82) is 0 Å². The zero-order valence-corrected chi connectivity index (χ0v) is 34.6. The van der Waals surface area contributed by atoms with E-state index >= 15 is 0 Å². The van der Waals surface area contributed by atoms with Crippen molar-refractivity contribution in [3.05, 3.63) is 69.8 Å². The van der Waals surface area contributed by atoms with Crippen molar-refractivity contribution in [2.45, 2.75) is 157 Å². The van der Waals surface area contributed by atoms with Crippen molar-refractivity contribution < 1.29 is 48.0 Å². The molecule has 0 N–H and O–H groups in total. The average Bonchev–Trinajstić information content (AvgIpc) is 2.85. The Labute approximate surface area is 308 Å². The summed E-state index contributed by atoms with van der Waals surface area (Å²) >= 11 is 0. The fourth-order valence-electron chi connectivity index (χ4n) is 5.23. The van der Waals surface area contributed by atoms with Crippen molar-refractivity contribution >= 4 is 0 Å². The smallest absolute Gasteiger partial charge is 0.873 e. The molecule has 270 valence electrons. The Morgan fingerprint density at radius 2 is 0.327 bits per heavy atom. The molecule has 3 aromatic rings. The van der Waals surface area contributed by atoms with Crippen LogP contribution >= 0.6 is 0 Å². The minimum atomic E-state index is -0.347. The SMILES string of the molecule is CC(C)(C)c1ccc(C(C)(C)C)c([O-])c1[O-].CC(C)(C)c1ccc(C(C)(C)C)c([O-])c1[O-].CC(C)(C)c1ccc(C(C)(C)C)c([O-])c1[O-].[Cr+6]. The van der Waals surface area contributed by atoms with Crippen LogP contribution in [0.1, 0.15) is 158 Å². The van der Waals surface area contributed by atoms with E-state index in [2.05, 4.69) is 0 Å². The Morgan fingerprint density at radius 1 is 0.245 bits per heavy atom. The topological polar surface area (TPSA) is 138 Å². The molecule has 0 heterocycles. The maximum atomic E-state index is 12.0.